The molecule has 24 heavy (non-hydrogen) atoms. The Hall–Kier alpha value is -2.30. The van der Waals surface area contributed by atoms with Crippen molar-refractivity contribution >= 4 is 51.6 Å². The van der Waals surface area contributed by atoms with Crippen molar-refractivity contribution in [2.24, 2.45) is 10.7 Å². The van der Waals surface area contributed by atoms with E-state index in [9.17, 15) is 10.1 Å². The average molecular weight is 354 g/mol. The number of nitriles is 1. The Morgan fingerprint density at radius 1 is 1.42 bits per heavy atom. The van der Waals surface area contributed by atoms with Gasteiger partial charge in [-0.25, -0.2) is 0 Å². The number of amides is 1. The van der Waals surface area contributed by atoms with Crippen molar-refractivity contribution < 1.29 is 4.79 Å². The minimum atomic E-state index is -0.321. The number of thioether (sulfide) groups is 2. The minimum absolute atomic E-state index is 0.261. The van der Waals surface area contributed by atoms with E-state index in [1.165, 1.54) is 0 Å². The zero-order valence-corrected chi connectivity index (χ0v) is 14.7. The van der Waals surface area contributed by atoms with Gasteiger partial charge < -0.3 is 5.73 Å². The lowest BCUT2D eigenvalue weighted by molar-refractivity contribution is -0.113. The molecule has 0 saturated heterocycles. The zero-order valence-electron chi connectivity index (χ0n) is 13.1. The highest BCUT2D eigenvalue weighted by atomic mass is 32.2. The summed E-state index contributed by atoms with van der Waals surface area (Å²) in [6.45, 7) is 4.16. The average Bonchev–Trinajstić information content (AvgIpc) is 2.85. The molecule has 2 heterocycles. The maximum absolute atomic E-state index is 11.7. The highest BCUT2D eigenvalue weighted by molar-refractivity contribution is 8.18. The SMILES string of the molecule is CC(C)Sc1c(C#N)cnc2ccc(C=C3SC(N)=NC3=O)cc12. The van der Waals surface area contributed by atoms with E-state index in [1.807, 2.05) is 18.2 Å². The van der Waals surface area contributed by atoms with Crippen molar-refractivity contribution in [1.29, 1.82) is 5.26 Å². The largest absolute Gasteiger partial charge is 0.378 e. The van der Waals surface area contributed by atoms with E-state index in [1.54, 1.807) is 24.0 Å². The van der Waals surface area contributed by atoms with Gasteiger partial charge in [-0.05, 0) is 35.5 Å². The number of benzene rings is 1. The van der Waals surface area contributed by atoms with Crippen LogP contribution in [0.4, 0.5) is 0 Å². The molecule has 0 aliphatic carbocycles. The number of fused-ring (bicyclic) bond motifs is 1. The summed E-state index contributed by atoms with van der Waals surface area (Å²) >= 11 is 2.80. The van der Waals surface area contributed by atoms with Gasteiger partial charge in [-0.1, -0.05) is 19.9 Å². The fraction of sp³-hybridized carbons (Fsp3) is 0.176. The number of nitrogens with two attached hydrogens (primary N) is 1. The molecule has 0 radical (unpaired) electrons. The molecule has 1 aliphatic rings. The summed E-state index contributed by atoms with van der Waals surface area (Å²) in [7, 11) is 0. The van der Waals surface area contributed by atoms with Crippen molar-refractivity contribution in [3.63, 3.8) is 0 Å². The zero-order chi connectivity index (χ0) is 17.3. The molecule has 0 unspecified atom stereocenters. The molecule has 0 saturated carbocycles. The number of carbonyl (C=O) groups excluding carboxylic acids is 1. The van der Waals surface area contributed by atoms with Crippen LogP contribution in [0.15, 0.2) is 39.2 Å². The first-order valence-electron chi connectivity index (χ1n) is 7.25. The highest BCUT2D eigenvalue weighted by Gasteiger charge is 2.19. The van der Waals surface area contributed by atoms with E-state index < -0.39 is 0 Å². The van der Waals surface area contributed by atoms with Crippen molar-refractivity contribution in [2.75, 3.05) is 0 Å². The third-order valence-electron chi connectivity index (χ3n) is 3.25. The van der Waals surface area contributed by atoms with Gasteiger partial charge in [0.25, 0.3) is 5.91 Å². The normalized spacial score (nSPS) is 16.0. The van der Waals surface area contributed by atoms with E-state index in [4.69, 9.17) is 5.73 Å². The fourth-order valence-corrected chi connectivity index (χ4v) is 3.96. The third kappa shape index (κ3) is 3.30. The van der Waals surface area contributed by atoms with Gasteiger partial charge in [0.1, 0.15) is 6.07 Å². The van der Waals surface area contributed by atoms with Crippen molar-refractivity contribution in [2.45, 2.75) is 24.0 Å². The lowest BCUT2D eigenvalue weighted by atomic mass is 10.1. The molecule has 120 valence electrons. The lowest BCUT2D eigenvalue weighted by Gasteiger charge is -2.11. The number of aliphatic imine (C=N–C) groups is 1. The Balaban J connectivity index is 2.11. The van der Waals surface area contributed by atoms with Gasteiger partial charge in [-0.3, -0.25) is 9.78 Å². The fourth-order valence-electron chi connectivity index (χ4n) is 2.29. The number of hydrogen-bond acceptors (Lipinski definition) is 6. The molecular formula is C17H14N4OS2. The molecule has 1 amide bonds. The Morgan fingerprint density at radius 2 is 2.21 bits per heavy atom. The van der Waals surface area contributed by atoms with Crippen molar-refractivity contribution in [3.05, 3.63) is 40.4 Å². The molecule has 5 nitrogen and oxygen atoms in total. The van der Waals surface area contributed by atoms with Crippen LogP contribution in [0.2, 0.25) is 0 Å². The summed E-state index contributed by atoms with van der Waals surface area (Å²) in [5, 5.41) is 10.9. The van der Waals surface area contributed by atoms with Crippen LogP contribution in [0.3, 0.4) is 0 Å². The molecular weight excluding hydrogens is 340 g/mol. The first kappa shape index (κ1) is 16.6. The van der Waals surface area contributed by atoms with Gasteiger partial charge in [-0.2, -0.15) is 10.3 Å². The Kier molecular flexibility index (Phi) is 4.60. The van der Waals surface area contributed by atoms with E-state index in [0.717, 1.165) is 33.1 Å². The molecule has 1 aliphatic heterocycles. The Morgan fingerprint density at radius 3 is 2.83 bits per heavy atom. The second-order valence-electron chi connectivity index (χ2n) is 5.42. The molecule has 1 aromatic carbocycles. The summed E-state index contributed by atoms with van der Waals surface area (Å²) in [6, 6.07) is 7.93. The van der Waals surface area contributed by atoms with Crippen LogP contribution < -0.4 is 5.73 Å². The van der Waals surface area contributed by atoms with E-state index >= 15 is 0 Å². The molecule has 7 heteroatoms. The van der Waals surface area contributed by atoms with Gasteiger partial charge in [-0.15, -0.1) is 11.8 Å². The predicted molar refractivity (Wildman–Crippen MR) is 99.6 cm³/mol. The van der Waals surface area contributed by atoms with E-state index in [0.29, 0.717) is 15.7 Å². The number of rotatable bonds is 3. The molecule has 2 aromatic rings. The van der Waals surface area contributed by atoms with Crippen LogP contribution in [0.1, 0.15) is 25.0 Å². The predicted octanol–water partition coefficient (Wildman–Crippen LogP) is 3.54. The molecule has 3 rings (SSSR count). The maximum Gasteiger partial charge on any atom is 0.286 e. The first-order chi connectivity index (χ1) is 11.5. The van der Waals surface area contributed by atoms with E-state index in [-0.39, 0.29) is 11.1 Å². The van der Waals surface area contributed by atoms with Crippen LogP contribution in [0, 0.1) is 11.3 Å². The molecule has 0 fully saturated rings. The summed E-state index contributed by atoms with van der Waals surface area (Å²) in [4.78, 5) is 21.2. The maximum atomic E-state index is 11.7. The smallest absolute Gasteiger partial charge is 0.286 e. The van der Waals surface area contributed by atoms with Crippen LogP contribution >= 0.6 is 23.5 Å². The Labute approximate surface area is 148 Å². The van der Waals surface area contributed by atoms with Crippen molar-refractivity contribution in [3.8, 4) is 6.07 Å². The standard InChI is InChI=1S/C17H14N4OS2/c1-9(2)23-15-11(7-18)8-20-13-4-3-10(5-12(13)15)6-14-16(22)21-17(19)24-14/h3-6,8-9H,1-2H3,(H2,19,21,22). The molecule has 1 aromatic heterocycles. The van der Waals surface area contributed by atoms with Gasteiger partial charge in [0, 0.05) is 21.7 Å². The van der Waals surface area contributed by atoms with Crippen LogP contribution in [0.25, 0.3) is 17.0 Å². The van der Waals surface area contributed by atoms with Gasteiger partial charge >= 0.3 is 0 Å². The lowest BCUT2D eigenvalue weighted by Crippen LogP contribution is -2.01. The number of pyridine rings is 1. The number of amidine groups is 1. The number of carbonyl (C=O) groups is 1. The second-order valence-corrected chi connectivity index (χ2v) is 8.07. The first-order valence-corrected chi connectivity index (χ1v) is 8.95. The summed E-state index contributed by atoms with van der Waals surface area (Å²) in [6.07, 6.45) is 3.37. The van der Waals surface area contributed by atoms with Gasteiger partial charge in [0.15, 0.2) is 5.17 Å². The highest BCUT2D eigenvalue weighted by Crippen LogP contribution is 2.34. The second kappa shape index (κ2) is 6.67. The van der Waals surface area contributed by atoms with Crippen LogP contribution in [-0.4, -0.2) is 21.3 Å². The monoisotopic (exact) mass is 354 g/mol. The third-order valence-corrected chi connectivity index (χ3v) is 5.21. The summed E-state index contributed by atoms with van der Waals surface area (Å²) in [5.74, 6) is -0.321. The molecule has 0 spiro atoms. The van der Waals surface area contributed by atoms with E-state index in [2.05, 4.69) is 29.9 Å². The van der Waals surface area contributed by atoms with Crippen molar-refractivity contribution in [1.82, 2.24) is 4.98 Å². The summed E-state index contributed by atoms with van der Waals surface area (Å²) < 4.78 is 0. The van der Waals surface area contributed by atoms with Crippen LogP contribution in [-0.2, 0) is 4.79 Å². The molecule has 0 bridgehead atoms. The Bertz CT molecular complexity index is 941. The number of nitrogens with zero attached hydrogens (tertiary/aromatic N) is 3. The van der Waals surface area contributed by atoms with Crippen LogP contribution in [0.5, 0.6) is 0 Å². The minimum Gasteiger partial charge on any atom is -0.378 e. The molecule has 2 N–H and O–H groups in total. The number of hydrogen-bond donors (Lipinski definition) is 1. The number of aromatic nitrogens is 1. The molecule has 0 atom stereocenters. The topological polar surface area (TPSA) is 92.1 Å². The van der Waals surface area contributed by atoms with Gasteiger partial charge in [0.05, 0.1) is 16.0 Å². The van der Waals surface area contributed by atoms with Gasteiger partial charge in [0.2, 0.25) is 0 Å². The summed E-state index contributed by atoms with van der Waals surface area (Å²) in [5.41, 5.74) is 7.81. The quantitative estimate of drug-likeness (QED) is 0.669.